The zero-order chi connectivity index (χ0) is 15.7. The van der Waals surface area contributed by atoms with Gasteiger partial charge in [0.15, 0.2) is 0 Å². The van der Waals surface area contributed by atoms with Gasteiger partial charge in [0.05, 0.1) is 5.41 Å². The fourth-order valence-electron chi connectivity index (χ4n) is 6.41. The summed E-state index contributed by atoms with van der Waals surface area (Å²) in [6.07, 6.45) is 7.41. The van der Waals surface area contributed by atoms with E-state index in [1.807, 2.05) is 11.9 Å². The van der Waals surface area contributed by atoms with Crippen LogP contribution in [-0.4, -0.2) is 28.7 Å². The summed E-state index contributed by atoms with van der Waals surface area (Å²) in [5.74, 6) is 1.19. The van der Waals surface area contributed by atoms with E-state index >= 15 is 0 Å². The van der Waals surface area contributed by atoms with Crippen LogP contribution in [0.15, 0.2) is 0 Å². The molecule has 0 spiro atoms. The van der Waals surface area contributed by atoms with Gasteiger partial charge in [-0.2, -0.15) is 0 Å². The van der Waals surface area contributed by atoms with Crippen LogP contribution in [0.4, 0.5) is 0 Å². The van der Waals surface area contributed by atoms with Crippen molar-refractivity contribution >= 4 is 21.8 Å². The summed E-state index contributed by atoms with van der Waals surface area (Å²) in [6, 6.07) is 0. The molecule has 4 bridgehead atoms. The Kier molecular flexibility index (Phi) is 3.38. The largest absolute Gasteiger partial charge is 0.339 e. The third-order valence-corrected chi connectivity index (χ3v) is 7.99. The number of carbonyl (C=O) groups is 1. The fraction of sp³-hybridized carbons (Fsp3) is 0.944. The molecule has 4 fully saturated rings. The second-order valence-corrected chi connectivity index (χ2v) is 10.3. The Labute approximate surface area is 138 Å². The Morgan fingerprint density at radius 1 is 1.14 bits per heavy atom. The van der Waals surface area contributed by atoms with Crippen molar-refractivity contribution in [1.29, 1.82) is 0 Å². The van der Waals surface area contributed by atoms with Crippen molar-refractivity contribution < 1.29 is 4.79 Å². The van der Waals surface area contributed by atoms with Crippen molar-refractivity contribution in [3.05, 3.63) is 0 Å². The van der Waals surface area contributed by atoms with E-state index in [-0.39, 0.29) is 11.0 Å². The molecule has 0 saturated heterocycles. The smallest absolute Gasteiger partial charge is 0.229 e. The standard InChI is InChI=1S/C18H30BrNO/c1-15(2,12-19)20(5)14(21)18-8-13-6-16(3,10-18)9-17(4,7-13)11-18/h13H,6-12H2,1-5H3. The third-order valence-electron chi connectivity index (χ3n) is 6.62. The van der Waals surface area contributed by atoms with Gasteiger partial charge in [0.2, 0.25) is 5.91 Å². The summed E-state index contributed by atoms with van der Waals surface area (Å²) in [6.45, 7) is 9.19. The molecule has 0 radical (unpaired) electrons. The van der Waals surface area contributed by atoms with E-state index in [2.05, 4.69) is 43.6 Å². The number of rotatable bonds is 3. The maximum absolute atomic E-state index is 13.4. The zero-order valence-corrected chi connectivity index (χ0v) is 15.8. The molecule has 120 valence electrons. The number of halogens is 1. The molecule has 0 aromatic rings. The quantitative estimate of drug-likeness (QED) is 0.676. The first kappa shape index (κ1) is 15.8. The molecule has 1 amide bonds. The van der Waals surface area contributed by atoms with Crippen LogP contribution in [0.25, 0.3) is 0 Å². The Morgan fingerprint density at radius 3 is 2.10 bits per heavy atom. The van der Waals surface area contributed by atoms with E-state index < -0.39 is 0 Å². The lowest BCUT2D eigenvalue weighted by molar-refractivity contribution is -0.181. The minimum atomic E-state index is -0.109. The average Bonchev–Trinajstić information content (AvgIpc) is 2.32. The number of nitrogens with zero attached hydrogens (tertiary/aromatic N) is 1. The van der Waals surface area contributed by atoms with E-state index in [0.29, 0.717) is 16.7 Å². The Bertz CT molecular complexity index is 454. The van der Waals surface area contributed by atoms with Crippen LogP contribution in [0.2, 0.25) is 0 Å². The summed E-state index contributed by atoms with van der Waals surface area (Å²) >= 11 is 3.58. The molecule has 4 aliphatic rings. The van der Waals surface area contributed by atoms with Crippen LogP contribution in [0.3, 0.4) is 0 Å². The minimum absolute atomic E-state index is 0.0723. The first-order valence-electron chi connectivity index (χ1n) is 8.38. The third kappa shape index (κ3) is 2.38. The molecule has 4 rings (SSSR count). The molecule has 0 aromatic carbocycles. The number of carbonyl (C=O) groups excluding carboxylic acids is 1. The lowest BCUT2D eigenvalue weighted by Crippen LogP contribution is -2.62. The number of hydrogen-bond acceptors (Lipinski definition) is 1. The summed E-state index contributed by atoms with van der Waals surface area (Å²) in [7, 11) is 2.01. The predicted octanol–water partition coefficient (Wildman–Crippen LogP) is 4.61. The number of hydrogen-bond donors (Lipinski definition) is 0. The van der Waals surface area contributed by atoms with Gasteiger partial charge in [0.25, 0.3) is 0 Å². The van der Waals surface area contributed by atoms with Crippen molar-refractivity contribution in [3.8, 4) is 0 Å². The SMILES string of the molecule is CN(C(=O)C12CC3CC(C)(CC(C)(C3)C1)C2)C(C)(C)CBr. The molecule has 2 atom stereocenters. The van der Waals surface area contributed by atoms with Crippen LogP contribution in [0.5, 0.6) is 0 Å². The van der Waals surface area contributed by atoms with Gasteiger partial charge in [-0.25, -0.2) is 0 Å². The zero-order valence-electron chi connectivity index (χ0n) is 14.3. The van der Waals surface area contributed by atoms with Crippen LogP contribution >= 0.6 is 15.9 Å². The maximum atomic E-state index is 13.4. The van der Waals surface area contributed by atoms with Gasteiger partial charge in [-0.1, -0.05) is 29.8 Å². The Hall–Kier alpha value is -0.0500. The van der Waals surface area contributed by atoms with E-state index in [1.165, 1.54) is 19.3 Å². The lowest BCUT2D eigenvalue weighted by atomic mass is 9.40. The molecular formula is C18H30BrNO. The van der Waals surface area contributed by atoms with Crippen molar-refractivity contribution in [3.63, 3.8) is 0 Å². The van der Waals surface area contributed by atoms with Crippen molar-refractivity contribution in [2.24, 2.45) is 22.2 Å². The van der Waals surface area contributed by atoms with E-state index in [0.717, 1.165) is 30.5 Å². The van der Waals surface area contributed by atoms with Crippen LogP contribution < -0.4 is 0 Å². The first-order valence-corrected chi connectivity index (χ1v) is 9.50. The molecular weight excluding hydrogens is 326 g/mol. The number of amides is 1. The predicted molar refractivity (Wildman–Crippen MR) is 90.5 cm³/mol. The second-order valence-electron chi connectivity index (χ2n) is 9.72. The van der Waals surface area contributed by atoms with Gasteiger partial charge < -0.3 is 4.90 Å². The van der Waals surface area contributed by atoms with Crippen molar-refractivity contribution in [1.82, 2.24) is 4.90 Å². The lowest BCUT2D eigenvalue weighted by Gasteiger charge is -2.65. The van der Waals surface area contributed by atoms with Gasteiger partial charge >= 0.3 is 0 Å². The summed E-state index contributed by atoms with van der Waals surface area (Å²) in [4.78, 5) is 15.4. The summed E-state index contributed by atoms with van der Waals surface area (Å²) < 4.78 is 0. The summed E-state index contributed by atoms with van der Waals surface area (Å²) in [5.41, 5.74) is 0.631. The van der Waals surface area contributed by atoms with Gasteiger partial charge in [0, 0.05) is 17.9 Å². The van der Waals surface area contributed by atoms with Gasteiger partial charge in [-0.05, 0) is 69.1 Å². The molecule has 2 unspecified atom stereocenters. The van der Waals surface area contributed by atoms with Crippen molar-refractivity contribution in [2.75, 3.05) is 12.4 Å². The molecule has 0 aromatic heterocycles. The van der Waals surface area contributed by atoms with Crippen molar-refractivity contribution in [2.45, 2.75) is 71.8 Å². The average molecular weight is 356 g/mol. The summed E-state index contributed by atoms with van der Waals surface area (Å²) in [5, 5.41) is 0.830. The monoisotopic (exact) mass is 355 g/mol. The molecule has 0 aliphatic heterocycles. The highest BCUT2D eigenvalue weighted by Gasteiger charge is 2.63. The normalized spacial score (nSPS) is 45.0. The topological polar surface area (TPSA) is 20.3 Å². The molecule has 4 saturated carbocycles. The Balaban J connectivity index is 1.93. The van der Waals surface area contributed by atoms with Gasteiger partial charge in [-0.15, -0.1) is 0 Å². The highest BCUT2D eigenvalue weighted by molar-refractivity contribution is 9.09. The van der Waals surface area contributed by atoms with Crippen LogP contribution in [0, 0.1) is 22.2 Å². The fourth-order valence-corrected chi connectivity index (χ4v) is 6.78. The molecule has 4 aliphatic carbocycles. The highest BCUT2D eigenvalue weighted by atomic mass is 79.9. The second kappa shape index (κ2) is 4.49. The Morgan fingerprint density at radius 2 is 1.67 bits per heavy atom. The highest BCUT2D eigenvalue weighted by Crippen LogP contribution is 2.69. The maximum Gasteiger partial charge on any atom is 0.229 e. The van der Waals surface area contributed by atoms with Gasteiger partial charge in [-0.3, -0.25) is 4.79 Å². The van der Waals surface area contributed by atoms with Crippen LogP contribution in [-0.2, 0) is 4.79 Å². The minimum Gasteiger partial charge on any atom is -0.339 e. The molecule has 0 N–H and O–H groups in total. The first-order chi connectivity index (χ1) is 9.53. The number of alkyl halides is 1. The molecule has 2 nitrogen and oxygen atoms in total. The van der Waals surface area contributed by atoms with Gasteiger partial charge in [0.1, 0.15) is 0 Å². The molecule has 21 heavy (non-hydrogen) atoms. The van der Waals surface area contributed by atoms with E-state index in [1.54, 1.807) is 0 Å². The van der Waals surface area contributed by atoms with Crippen LogP contribution in [0.1, 0.15) is 66.2 Å². The van der Waals surface area contributed by atoms with E-state index in [4.69, 9.17) is 0 Å². The molecule has 0 heterocycles. The van der Waals surface area contributed by atoms with E-state index in [9.17, 15) is 4.79 Å². The molecule has 3 heteroatoms.